The van der Waals surface area contributed by atoms with Crippen molar-refractivity contribution in [1.82, 2.24) is 0 Å². The highest BCUT2D eigenvalue weighted by atomic mass is 16.5. The number of aromatic hydroxyl groups is 1. The number of esters is 1. The number of carbonyl (C=O) groups is 3. The van der Waals surface area contributed by atoms with Gasteiger partial charge in [0.1, 0.15) is 12.3 Å². The summed E-state index contributed by atoms with van der Waals surface area (Å²) in [6, 6.07) is 13.1. The SMILES string of the molecule is O=C1CN(C(=O)COC(=O)Cc2ccc(O)cc2)c2ccccc2N1. The lowest BCUT2D eigenvalue weighted by Crippen LogP contribution is -2.44. The van der Waals surface area contributed by atoms with Crippen LogP contribution in [0.3, 0.4) is 0 Å². The third kappa shape index (κ3) is 3.95. The van der Waals surface area contributed by atoms with Gasteiger partial charge in [0.05, 0.1) is 17.8 Å². The summed E-state index contributed by atoms with van der Waals surface area (Å²) in [6.07, 6.45) is -0.00929. The van der Waals surface area contributed by atoms with Crippen LogP contribution >= 0.6 is 0 Å². The maximum Gasteiger partial charge on any atom is 0.310 e. The van der Waals surface area contributed by atoms with Crippen LogP contribution in [0.15, 0.2) is 48.5 Å². The monoisotopic (exact) mass is 340 g/mol. The predicted octanol–water partition coefficient (Wildman–Crippen LogP) is 1.46. The average Bonchev–Trinajstić information content (AvgIpc) is 2.61. The number of nitrogens with one attached hydrogen (secondary N) is 1. The fourth-order valence-electron chi connectivity index (χ4n) is 2.51. The van der Waals surface area contributed by atoms with Crippen molar-refractivity contribution in [2.75, 3.05) is 23.4 Å². The standard InChI is InChI=1S/C18H16N2O5/c21-13-7-5-12(6-8-13)9-18(24)25-11-17(23)20-10-16(22)19-14-3-1-2-4-15(14)20/h1-8,21H,9-11H2,(H,19,22). The number of phenols is 1. The molecule has 3 rings (SSSR count). The van der Waals surface area contributed by atoms with Crippen LogP contribution in [-0.2, 0) is 25.5 Å². The molecule has 0 fully saturated rings. The van der Waals surface area contributed by atoms with Gasteiger partial charge in [-0.2, -0.15) is 0 Å². The van der Waals surface area contributed by atoms with Gasteiger partial charge in [0.25, 0.3) is 5.91 Å². The number of ether oxygens (including phenoxy) is 1. The van der Waals surface area contributed by atoms with Gasteiger partial charge in [-0.1, -0.05) is 24.3 Å². The van der Waals surface area contributed by atoms with Crippen molar-refractivity contribution in [3.63, 3.8) is 0 Å². The van der Waals surface area contributed by atoms with Crippen molar-refractivity contribution in [3.8, 4) is 5.75 Å². The number of hydrogen-bond donors (Lipinski definition) is 2. The molecule has 0 atom stereocenters. The smallest absolute Gasteiger partial charge is 0.310 e. The van der Waals surface area contributed by atoms with Crippen molar-refractivity contribution in [1.29, 1.82) is 0 Å². The Morgan fingerprint density at radius 2 is 1.84 bits per heavy atom. The molecule has 0 saturated carbocycles. The minimum Gasteiger partial charge on any atom is -0.508 e. The average molecular weight is 340 g/mol. The fourth-order valence-corrected chi connectivity index (χ4v) is 2.51. The lowest BCUT2D eigenvalue weighted by Gasteiger charge is -2.28. The molecule has 0 unspecified atom stereocenters. The molecule has 7 nitrogen and oxygen atoms in total. The molecule has 128 valence electrons. The first-order valence-electron chi connectivity index (χ1n) is 7.66. The summed E-state index contributed by atoms with van der Waals surface area (Å²) in [5.74, 6) is -1.23. The molecule has 1 aliphatic rings. The number of amides is 2. The molecule has 0 spiro atoms. The second kappa shape index (κ2) is 7.04. The minimum atomic E-state index is -0.561. The number of para-hydroxylation sites is 2. The molecule has 2 aromatic rings. The van der Waals surface area contributed by atoms with Crippen molar-refractivity contribution >= 4 is 29.2 Å². The number of rotatable bonds is 4. The summed E-state index contributed by atoms with van der Waals surface area (Å²) < 4.78 is 5.02. The fraction of sp³-hybridized carbons (Fsp3) is 0.167. The van der Waals surface area contributed by atoms with Gasteiger partial charge in [-0.25, -0.2) is 0 Å². The number of phenolic OH excluding ortho intramolecular Hbond substituents is 1. The Bertz CT molecular complexity index is 816. The molecule has 25 heavy (non-hydrogen) atoms. The van der Waals surface area contributed by atoms with Gasteiger partial charge >= 0.3 is 5.97 Å². The second-order valence-electron chi connectivity index (χ2n) is 5.55. The Balaban J connectivity index is 1.60. The van der Waals surface area contributed by atoms with Gasteiger partial charge in [0, 0.05) is 0 Å². The van der Waals surface area contributed by atoms with E-state index in [0.29, 0.717) is 16.9 Å². The van der Waals surface area contributed by atoms with Crippen molar-refractivity contribution in [2.45, 2.75) is 6.42 Å². The Hall–Kier alpha value is -3.35. The Morgan fingerprint density at radius 1 is 1.12 bits per heavy atom. The first kappa shape index (κ1) is 16.5. The van der Waals surface area contributed by atoms with E-state index in [1.807, 2.05) is 0 Å². The number of anilines is 2. The largest absolute Gasteiger partial charge is 0.508 e. The van der Waals surface area contributed by atoms with E-state index in [9.17, 15) is 19.5 Å². The normalized spacial score (nSPS) is 13.0. The molecule has 0 bridgehead atoms. The molecule has 0 saturated heterocycles. The number of carbonyl (C=O) groups excluding carboxylic acids is 3. The maximum absolute atomic E-state index is 12.3. The van der Waals surface area contributed by atoms with Crippen LogP contribution in [0.5, 0.6) is 5.75 Å². The zero-order valence-corrected chi connectivity index (χ0v) is 13.3. The molecule has 0 aliphatic carbocycles. The zero-order valence-electron chi connectivity index (χ0n) is 13.3. The Labute approximate surface area is 143 Å². The molecule has 2 N–H and O–H groups in total. The van der Waals surface area contributed by atoms with Crippen LogP contribution < -0.4 is 10.2 Å². The third-order valence-electron chi connectivity index (χ3n) is 3.71. The van der Waals surface area contributed by atoms with Crippen LogP contribution in [0.25, 0.3) is 0 Å². The summed E-state index contributed by atoms with van der Waals surface area (Å²) in [7, 11) is 0. The van der Waals surface area contributed by atoms with Gasteiger partial charge < -0.3 is 15.2 Å². The van der Waals surface area contributed by atoms with E-state index in [-0.39, 0.29) is 24.6 Å². The molecular formula is C18H16N2O5. The van der Waals surface area contributed by atoms with E-state index < -0.39 is 18.5 Å². The summed E-state index contributed by atoms with van der Waals surface area (Å²) >= 11 is 0. The van der Waals surface area contributed by atoms with E-state index in [1.165, 1.54) is 17.0 Å². The van der Waals surface area contributed by atoms with E-state index in [2.05, 4.69) is 5.32 Å². The zero-order chi connectivity index (χ0) is 17.8. The maximum atomic E-state index is 12.3. The first-order valence-corrected chi connectivity index (χ1v) is 7.66. The second-order valence-corrected chi connectivity index (χ2v) is 5.55. The lowest BCUT2D eigenvalue weighted by molar-refractivity contribution is -0.147. The highest BCUT2D eigenvalue weighted by Gasteiger charge is 2.27. The van der Waals surface area contributed by atoms with Gasteiger partial charge in [-0.05, 0) is 29.8 Å². The Kier molecular flexibility index (Phi) is 4.65. The van der Waals surface area contributed by atoms with E-state index in [0.717, 1.165) is 0 Å². The van der Waals surface area contributed by atoms with Gasteiger partial charge in [0.15, 0.2) is 6.61 Å². The summed E-state index contributed by atoms with van der Waals surface area (Å²) in [5.41, 5.74) is 1.78. The van der Waals surface area contributed by atoms with Crippen LogP contribution in [-0.4, -0.2) is 36.0 Å². The molecule has 2 aromatic carbocycles. The van der Waals surface area contributed by atoms with E-state index in [1.54, 1.807) is 36.4 Å². The van der Waals surface area contributed by atoms with Gasteiger partial charge in [-0.15, -0.1) is 0 Å². The van der Waals surface area contributed by atoms with E-state index in [4.69, 9.17) is 4.74 Å². The number of fused-ring (bicyclic) bond motifs is 1. The van der Waals surface area contributed by atoms with Crippen LogP contribution in [0.2, 0.25) is 0 Å². The minimum absolute atomic E-state index is 0.00929. The molecule has 2 amide bonds. The quantitative estimate of drug-likeness (QED) is 0.822. The molecule has 7 heteroatoms. The lowest BCUT2D eigenvalue weighted by atomic mass is 10.1. The highest BCUT2D eigenvalue weighted by Crippen LogP contribution is 2.28. The molecular weight excluding hydrogens is 324 g/mol. The van der Waals surface area contributed by atoms with E-state index >= 15 is 0 Å². The molecule has 0 aromatic heterocycles. The van der Waals surface area contributed by atoms with Crippen LogP contribution in [0.4, 0.5) is 11.4 Å². The van der Waals surface area contributed by atoms with Crippen LogP contribution in [0, 0.1) is 0 Å². The number of benzene rings is 2. The molecule has 0 radical (unpaired) electrons. The third-order valence-corrected chi connectivity index (χ3v) is 3.71. The van der Waals surface area contributed by atoms with Crippen LogP contribution in [0.1, 0.15) is 5.56 Å². The van der Waals surface area contributed by atoms with Crippen molar-refractivity contribution < 1.29 is 24.2 Å². The Morgan fingerprint density at radius 3 is 2.60 bits per heavy atom. The number of hydrogen-bond acceptors (Lipinski definition) is 5. The van der Waals surface area contributed by atoms with Gasteiger partial charge in [0.2, 0.25) is 5.91 Å². The topological polar surface area (TPSA) is 95.9 Å². The summed E-state index contributed by atoms with van der Waals surface area (Å²) in [4.78, 5) is 37.2. The molecule has 1 aliphatic heterocycles. The first-order chi connectivity index (χ1) is 12.0. The van der Waals surface area contributed by atoms with Gasteiger partial charge in [-0.3, -0.25) is 19.3 Å². The van der Waals surface area contributed by atoms with Crippen molar-refractivity contribution in [3.05, 3.63) is 54.1 Å². The highest BCUT2D eigenvalue weighted by molar-refractivity contribution is 6.10. The molecule has 1 heterocycles. The van der Waals surface area contributed by atoms with Crippen molar-refractivity contribution in [2.24, 2.45) is 0 Å². The number of nitrogens with zero attached hydrogens (tertiary/aromatic N) is 1. The summed E-state index contributed by atoms with van der Waals surface area (Å²) in [5, 5.41) is 11.9. The summed E-state index contributed by atoms with van der Waals surface area (Å²) in [6.45, 7) is -0.566. The predicted molar refractivity (Wildman–Crippen MR) is 90.2 cm³/mol.